The lowest BCUT2D eigenvalue weighted by molar-refractivity contribution is -0.116. The SMILES string of the molecule is O=C1C=Cn2c(nc3cc4ccccc4cc32)CN1. The lowest BCUT2D eigenvalue weighted by Gasteiger charge is -2.01. The number of hydrogen-bond acceptors (Lipinski definition) is 2. The van der Waals surface area contributed by atoms with Gasteiger partial charge in [-0.15, -0.1) is 0 Å². The second-order valence-corrected chi connectivity index (χ2v) is 4.62. The molecule has 92 valence electrons. The maximum atomic E-state index is 11.4. The van der Waals surface area contributed by atoms with E-state index in [0.29, 0.717) is 6.54 Å². The van der Waals surface area contributed by atoms with E-state index in [1.165, 1.54) is 16.8 Å². The molecule has 0 unspecified atom stereocenters. The maximum absolute atomic E-state index is 11.4. The molecular formula is C15H11N3O. The summed E-state index contributed by atoms with van der Waals surface area (Å²) in [5, 5.41) is 5.15. The summed E-state index contributed by atoms with van der Waals surface area (Å²) in [5.41, 5.74) is 1.98. The Morgan fingerprint density at radius 2 is 1.95 bits per heavy atom. The zero-order valence-corrected chi connectivity index (χ0v) is 10.1. The van der Waals surface area contributed by atoms with Gasteiger partial charge in [-0.2, -0.15) is 0 Å². The van der Waals surface area contributed by atoms with Gasteiger partial charge in [-0.3, -0.25) is 4.79 Å². The molecule has 0 saturated heterocycles. The molecule has 0 radical (unpaired) electrons. The van der Waals surface area contributed by atoms with Crippen LogP contribution >= 0.6 is 0 Å². The average molecular weight is 249 g/mol. The summed E-state index contributed by atoms with van der Waals surface area (Å²) in [6.45, 7) is 0.455. The molecule has 0 aliphatic carbocycles. The molecule has 4 nitrogen and oxygen atoms in total. The summed E-state index contributed by atoms with van der Waals surface area (Å²) in [7, 11) is 0. The fourth-order valence-electron chi connectivity index (χ4n) is 2.49. The predicted molar refractivity (Wildman–Crippen MR) is 74.4 cm³/mol. The molecule has 1 aliphatic heterocycles. The molecule has 4 heteroatoms. The number of rotatable bonds is 0. The molecular weight excluding hydrogens is 238 g/mol. The molecule has 0 fully saturated rings. The highest BCUT2D eigenvalue weighted by atomic mass is 16.1. The summed E-state index contributed by atoms with van der Waals surface area (Å²) >= 11 is 0. The molecule has 4 rings (SSSR count). The molecule has 3 aromatic rings. The van der Waals surface area contributed by atoms with Gasteiger partial charge in [0.2, 0.25) is 5.91 Å². The van der Waals surface area contributed by atoms with Crippen molar-refractivity contribution in [1.29, 1.82) is 0 Å². The number of fused-ring (bicyclic) bond motifs is 4. The van der Waals surface area contributed by atoms with Crippen LogP contribution in [0.1, 0.15) is 5.82 Å². The van der Waals surface area contributed by atoms with Gasteiger partial charge in [0.25, 0.3) is 0 Å². The van der Waals surface area contributed by atoms with E-state index in [4.69, 9.17) is 0 Å². The molecule has 2 heterocycles. The molecule has 1 amide bonds. The Morgan fingerprint density at radius 3 is 2.79 bits per heavy atom. The van der Waals surface area contributed by atoms with Gasteiger partial charge in [0.05, 0.1) is 17.6 Å². The Morgan fingerprint density at radius 1 is 1.16 bits per heavy atom. The van der Waals surface area contributed by atoms with Crippen LogP contribution in [0.5, 0.6) is 0 Å². The fraction of sp³-hybridized carbons (Fsp3) is 0.0667. The second-order valence-electron chi connectivity index (χ2n) is 4.62. The first-order valence-corrected chi connectivity index (χ1v) is 6.17. The molecule has 1 aliphatic rings. The molecule has 19 heavy (non-hydrogen) atoms. The second kappa shape index (κ2) is 3.68. The van der Waals surface area contributed by atoms with Crippen LogP contribution in [0.25, 0.3) is 28.0 Å². The minimum absolute atomic E-state index is 0.0839. The van der Waals surface area contributed by atoms with Crippen molar-refractivity contribution in [1.82, 2.24) is 14.9 Å². The predicted octanol–water partition coefficient (Wildman–Crippen LogP) is 2.29. The number of hydrogen-bond donors (Lipinski definition) is 1. The number of nitrogens with one attached hydrogen (secondary N) is 1. The third-order valence-electron chi connectivity index (χ3n) is 3.43. The van der Waals surface area contributed by atoms with Crippen molar-refractivity contribution in [3.63, 3.8) is 0 Å². The van der Waals surface area contributed by atoms with Crippen molar-refractivity contribution in [2.24, 2.45) is 0 Å². The zero-order chi connectivity index (χ0) is 12.8. The van der Waals surface area contributed by atoms with E-state index in [0.717, 1.165) is 16.9 Å². The topological polar surface area (TPSA) is 46.9 Å². The first-order chi connectivity index (χ1) is 9.31. The highest BCUT2D eigenvalue weighted by molar-refractivity contribution is 5.97. The monoisotopic (exact) mass is 249 g/mol. The van der Waals surface area contributed by atoms with Crippen molar-refractivity contribution in [2.45, 2.75) is 6.54 Å². The van der Waals surface area contributed by atoms with E-state index >= 15 is 0 Å². The molecule has 0 atom stereocenters. The molecule has 1 N–H and O–H groups in total. The standard InChI is InChI=1S/C15H11N3O/c19-15-5-6-18-13-8-11-4-2-1-3-10(11)7-12(13)17-14(18)9-16-15/h1-8H,9H2,(H,16,19). The van der Waals surface area contributed by atoms with Crippen LogP contribution in [0, 0.1) is 0 Å². The molecule has 0 spiro atoms. The van der Waals surface area contributed by atoms with E-state index < -0.39 is 0 Å². The van der Waals surface area contributed by atoms with Crippen LogP contribution in [0.2, 0.25) is 0 Å². The molecule has 0 bridgehead atoms. The Kier molecular flexibility index (Phi) is 2.00. The van der Waals surface area contributed by atoms with Crippen LogP contribution < -0.4 is 5.32 Å². The van der Waals surface area contributed by atoms with Gasteiger partial charge in [0.15, 0.2) is 0 Å². The normalized spacial score (nSPS) is 14.4. The summed E-state index contributed by atoms with van der Waals surface area (Å²) in [4.78, 5) is 16.0. The third-order valence-corrected chi connectivity index (χ3v) is 3.43. The van der Waals surface area contributed by atoms with E-state index in [9.17, 15) is 4.79 Å². The van der Waals surface area contributed by atoms with Crippen LogP contribution in [0.15, 0.2) is 42.5 Å². The van der Waals surface area contributed by atoms with Crippen molar-refractivity contribution in [2.75, 3.05) is 0 Å². The Bertz CT molecular complexity index is 845. The van der Waals surface area contributed by atoms with Crippen LogP contribution in [0.3, 0.4) is 0 Å². The minimum atomic E-state index is -0.0839. The number of carbonyl (C=O) groups is 1. The Hall–Kier alpha value is -2.62. The Balaban J connectivity index is 2.07. The quantitative estimate of drug-likeness (QED) is 0.664. The number of imidazole rings is 1. The summed E-state index contributed by atoms with van der Waals surface area (Å²) in [6.07, 6.45) is 3.31. The third kappa shape index (κ3) is 1.53. The van der Waals surface area contributed by atoms with Crippen molar-refractivity contribution in [3.05, 3.63) is 48.3 Å². The van der Waals surface area contributed by atoms with Gasteiger partial charge in [0.1, 0.15) is 5.82 Å². The average Bonchev–Trinajstić information content (AvgIpc) is 2.66. The lowest BCUT2D eigenvalue weighted by Crippen LogP contribution is -2.19. The summed E-state index contributed by atoms with van der Waals surface area (Å²) in [5.74, 6) is 0.770. The highest BCUT2D eigenvalue weighted by Crippen LogP contribution is 2.24. The van der Waals surface area contributed by atoms with Crippen LogP contribution in [-0.4, -0.2) is 15.5 Å². The first-order valence-electron chi connectivity index (χ1n) is 6.17. The van der Waals surface area contributed by atoms with E-state index in [2.05, 4.69) is 34.6 Å². The molecule has 2 aromatic carbocycles. The number of amides is 1. The molecule has 1 aromatic heterocycles. The van der Waals surface area contributed by atoms with Gasteiger partial charge in [-0.25, -0.2) is 4.98 Å². The zero-order valence-electron chi connectivity index (χ0n) is 10.1. The van der Waals surface area contributed by atoms with E-state index in [1.807, 2.05) is 16.7 Å². The number of benzene rings is 2. The largest absolute Gasteiger partial charge is 0.345 e. The molecule has 0 saturated carbocycles. The van der Waals surface area contributed by atoms with Crippen molar-refractivity contribution in [3.8, 4) is 0 Å². The van der Waals surface area contributed by atoms with Crippen LogP contribution in [-0.2, 0) is 11.3 Å². The van der Waals surface area contributed by atoms with E-state index in [1.54, 1.807) is 6.20 Å². The number of nitrogens with zero attached hydrogens (tertiary/aromatic N) is 2. The van der Waals surface area contributed by atoms with Gasteiger partial charge in [-0.05, 0) is 22.9 Å². The Labute approximate surface area is 109 Å². The smallest absolute Gasteiger partial charge is 0.245 e. The van der Waals surface area contributed by atoms with E-state index in [-0.39, 0.29) is 5.91 Å². The van der Waals surface area contributed by atoms with Crippen molar-refractivity contribution >= 4 is 33.9 Å². The fourth-order valence-corrected chi connectivity index (χ4v) is 2.49. The maximum Gasteiger partial charge on any atom is 0.245 e. The van der Waals surface area contributed by atoms with Crippen molar-refractivity contribution < 1.29 is 4.79 Å². The van der Waals surface area contributed by atoms with Crippen LogP contribution in [0.4, 0.5) is 0 Å². The summed E-state index contributed by atoms with van der Waals surface area (Å²) < 4.78 is 1.97. The first kappa shape index (κ1) is 10.3. The lowest BCUT2D eigenvalue weighted by atomic mass is 10.1. The highest BCUT2D eigenvalue weighted by Gasteiger charge is 2.13. The van der Waals surface area contributed by atoms with Gasteiger partial charge in [0, 0.05) is 12.3 Å². The minimum Gasteiger partial charge on any atom is -0.345 e. The summed E-state index contributed by atoms with van der Waals surface area (Å²) in [6, 6.07) is 12.4. The van der Waals surface area contributed by atoms with Gasteiger partial charge < -0.3 is 9.88 Å². The number of aromatic nitrogens is 2. The van der Waals surface area contributed by atoms with Gasteiger partial charge >= 0.3 is 0 Å². The van der Waals surface area contributed by atoms with Gasteiger partial charge in [-0.1, -0.05) is 24.3 Å². The number of carbonyl (C=O) groups excluding carboxylic acids is 1.